The highest BCUT2D eigenvalue weighted by Crippen LogP contribution is 1.99. The van der Waals surface area contributed by atoms with E-state index in [9.17, 15) is 0 Å². The highest BCUT2D eigenvalue weighted by Gasteiger charge is 2.03. The third-order valence-corrected chi connectivity index (χ3v) is 1.34. The van der Waals surface area contributed by atoms with Crippen LogP contribution in [0, 0.1) is 11.8 Å². The molecule has 0 unspecified atom stereocenters. The van der Waals surface area contributed by atoms with Gasteiger partial charge in [0, 0.05) is 19.6 Å². The molecule has 0 fully saturated rings. The Morgan fingerprint density at radius 2 is 1.77 bits per heavy atom. The summed E-state index contributed by atoms with van der Waals surface area (Å²) in [5.74, 6) is 5.72. The van der Waals surface area contributed by atoms with Crippen molar-refractivity contribution in [3.63, 3.8) is 0 Å². The van der Waals surface area contributed by atoms with Crippen LogP contribution in [0.5, 0.6) is 0 Å². The molecule has 0 aromatic carbocycles. The lowest BCUT2D eigenvalue weighted by molar-refractivity contribution is -0.131. The van der Waals surface area contributed by atoms with Gasteiger partial charge in [0.1, 0.15) is 0 Å². The number of aliphatic hydroxyl groups excluding tert-OH is 1. The van der Waals surface area contributed by atoms with E-state index in [0.717, 1.165) is 0 Å². The van der Waals surface area contributed by atoms with E-state index >= 15 is 0 Å². The predicted molar refractivity (Wildman–Crippen MR) is 51.1 cm³/mol. The molecule has 0 spiro atoms. The lowest BCUT2D eigenvalue weighted by atomic mass is 10.3. The van der Waals surface area contributed by atoms with Crippen LogP contribution in [0.2, 0.25) is 0 Å². The van der Waals surface area contributed by atoms with Crippen LogP contribution >= 0.6 is 0 Å². The maximum absolute atomic E-state index is 8.47. The molecule has 0 aliphatic heterocycles. The van der Waals surface area contributed by atoms with Crippen molar-refractivity contribution in [2.45, 2.75) is 33.0 Å². The van der Waals surface area contributed by atoms with Gasteiger partial charge in [-0.15, -0.1) is 5.92 Å². The number of rotatable bonds is 6. The highest BCUT2D eigenvalue weighted by atomic mass is 16.7. The molecule has 0 aliphatic carbocycles. The smallest absolute Gasteiger partial charge is 0.168 e. The molecule has 0 atom stereocenters. The first-order valence-electron chi connectivity index (χ1n) is 4.64. The normalized spacial score (nSPS) is 9.85. The SMILES string of the molecule is CCOC(CC#CCCO)OCC. The van der Waals surface area contributed by atoms with Crippen molar-refractivity contribution in [2.75, 3.05) is 19.8 Å². The molecule has 0 aliphatic rings. The summed E-state index contributed by atoms with van der Waals surface area (Å²) >= 11 is 0. The number of hydrogen-bond donors (Lipinski definition) is 1. The van der Waals surface area contributed by atoms with E-state index in [1.807, 2.05) is 13.8 Å². The van der Waals surface area contributed by atoms with Crippen LogP contribution in [0.3, 0.4) is 0 Å². The Balaban J connectivity index is 3.62. The molecule has 0 saturated carbocycles. The Hall–Kier alpha value is -0.560. The Bertz CT molecular complexity index is 151. The van der Waals surface area contributed by atoms with Crippen molar-refractivity contribution >= 4 is 0 Å². The Kier molecular flexibility index (Phi) is 9.12. The molecule has 3 nitrogen and oxygen atoms in total. The summed E-state index contributed by atoms with van der Waals surface area (Å²) in [5.41, 5.74) is 0. The fourth-order valence-corrected chi connectivity index (χ4v) is 0.838. The molecule has 0 rings (SSSR count). The second kappa shape index (κ2) is 9.53. The second-order valence-electron chi connectivity index (χ2n) is 2.37. The monoisotopic (exact) mass is 186 g/mol. The van der Waals surface area contributed by atoms with Crippen LogP contribution in [0.25, 0.3) is 0 Å². The number of aliphatic hydroxyl groups is 1. The van der Waals surface area contributed by atoms with Gasteiger partial charge in [0.2, 0.25) is 0 Å². The lowest BCUT2D eigenvalue weighted by Crippen LogP contribution is -2.16. The minimum Gasteiger partial charge on any atom is -0.395 e. The quantitative estimate of drug-likeness (QED) is 0.500. The molecule has 0 radical (unpaired) electrons. The average molecular weight is 186 g/mol. The second-order valence-corrected chi connectivity index (χ2v) is 2.37. The van der Waals surface area contributed by atoms with E-state index in [4.69, 9.17) is 14.6 Å². The van der Waals surface area contributed by atoms with Crippen molar-refractivity contribution in [2.24, 2.45) is 0 Å². The molecule has 0 heterocycles. The average Bonchev–Trinajstić information content (AvgIpc) is 2.13. The summed E-state index contributed by atoms with van der Waals surface area (Å²) in [6.45, 7) is 5.22. The van der Waals surface area contributed by atoms with Crippen molar-refractivity contribution in [1.29, 1.82) is 0 Å². The summed E-state index contributed by atoms with van der Waals surface area (Å²) in [6, 6.07) is 0. The summed E-state index contributed by atoms with van der Waals surface area (Å²) in [5, 5.41) is 8.47. The van der Waals surface area contributed by atoms with Crippen LogP contribution in [0.15, 0.2) is 0 Å². The highest BCUT2D eigenvalue weighted by molar-refractivity contribution is 4.99. The molecule has 0 aromatic rings. The van der Waals surface area contributed by atoms with Gasteiger partial charge in [0.05, 0.1) is 13.0 Å². The van der Waals surface area contributed by atoms with Gasteiger partial charge in [-0.05, 0) is 13.8 Å². The first kappa shape index (κ1) is 12.4. The first-order valence-corrected chi connectivity index (χ1v) is 4.64. The number of hydrogen-bond acceptors (Lipinski definition) is 3. The van der Waals surface area contributed by atoms with E-state index in [0.29, 0.717) is 26.1 Å². The largest absolute Gasteiger partial charge is 0.395 e. The molecular weight excluding hydrogens is 168 g/mol. The van der Waals surface area contributed by atoms with Crippen molar-refractivity contribution < 1.29 is 14.6 Å². The van der Waals surface area contributed by atoms with E-state index < -0.39 is 0 Å². The molecule has 3 heteroatoms. The third-order valence-electron chi connectivity index (χ3n) is 1.34. The zero-order valence-corrected chi connectivity index (χ0v) is 8.38. The van der Waals surface area contributed by atoms with E-state index in [-0.39, 0.29) is 12.9 Å². The van der Waals surface area contributed by atoms with Gasteiger partial charge in [0.25, 0.3) is 0 Å². The maximum atomic E-state index is 8.47. The Morgan fingerprint density at radius 1 is 1.15 bits per heavy atom. The predicted octanol–water partition coefficient (Wildman–Crippen LogP) is 1.16. The van der Waals surface area contributed by atoms with Gasteiger partial charge in [-0.1, -0.05) is 5.92 Å². The van der Waals surface area contributed by atoms with Crippen molar-refractivity contribution in [1.82, 2.24) is 0 Å². The van der Waals surface area contributed by atoms with Gasteiger partial charge in [-0.3, -0.25) is 0 Å². The standard InChI is InChI=1S/C10H18O3/c1-3-12-10(13-4-2)8-6-5-7-9-11/h10-11H,3-4,7-9H2,1-2H3. The Morgan fingerprint density at radius 3 is 2.23 bits per heavy atom. The van der Waals surface area contributed by atoms with Gasteiger partial charge >= 0.3 is 0 Å². The van der Waals surface area contributed by atoms with Crippen molar-refractivity contribution in [3.8, 4) is 11.8 Å². The topological polar surface area (TPSA) is 38.7 Å². The van der Waals surface area contributed by atoms with Crippen LogP contribution in [0.4, 0.5) is 0 Å². The molecule has 0 aromatic heterocycles. The van der Waals surface area contributed by atoms with Crippen LogP contribution in [-0.4, -0.2) is 31.2 Å². The van der Waals surface area contributed by atoms with Crippen molar-refractivity contribution in [3.05, 3.63) is 0 Å². The van der Waals surface area contributed by atoms with Crippen LogP contribution < -0.4 is 0 Å². The van der Waals surface area contributed by atoms with Crippen LogP contribution in [0.1, 0.15) is 26.7 Å². The van der Waals surface area contributed by atoms with Gasteiger partial charge in [-0.2, -0.15) is 0 Å². The maximum Gasteiger partial charge on any atom is 0.168 e. The molecule has 0 saturated heterocycles. The summed E-state index contributed by atoms with van der Waals surface area (Å²) < 4.78 is 10.6. The number of ether oxygens (including phenoxy) is 2. The minimum atomic E-state index is -0.221. The molecule has 0 amide bonds. The van der Waals surface area contributed by atoms with E-state index in [2.05, 4.69) is 11.8 Å². The van der Waals surface area contributed by atoms with Gasteiger partial charge in [-0.25, -0.2) is 0 Å². The molecule has 13 heavy (non-hydrogen) atoms. The fourth-order valence-electron chi connectivity index (χ4n) is 0.838. The van der Waals surface area contributed by atoms with E-state index in [1.54, 1.807) is 0 Å². The third kappa shape index (κ3) is 7.79. The lowest BCUT2D eigenvalue weighted by Gasteiger charge is -2.13. The fraction of sp³-hybridized carbons (Fsp3) is 0.800. The van der Waals surface area contributed by atoms with E-state index in [1.165, 1.54) is 0 Å². The molecule has 0 bridgehead atoms. The molecular formula is C10H18O3. The summed E-state index contributed by atoms with van der Waals surface area (Å²) in [6.07, 6.45) is 0.869. The first-order chi connectivity index (χ1) is 6.35. The Labute approximate surface area is 80.0 Å². The van der Waals surface area contributed by atoms with Crippen LogP contribution in [-0.2, 0) is 9.47 Å². The van der Waals surface area contributed by atoms with Gasteiger partial charge < -0.3 is 14.6 Å². The minimum absolute atomic E-state index is 0.112. The summed E-state index contributed by atoms with van der Waals surface area (Å²) in [4.78, 5) is 0. The summed E-state index contributed by atoms with van der Waals surface area (Å²) in [7, 11) is 0. The zero-order valence-electron chi connectivity index (χ0n) is 8.38. The van der Waals surface area contributed by atoms with Gasteiger partial charge in [0.15, 0.2) is 6.29 Å². The molecule has 76 valence electrons. The zero-order chi connectivity index (χ0) is 9.94. The molecule has 1 N–H and O–H groups in total.